The molecule has 0 aromatic carbocycles. The Balaban J connectivity index is 1.45. The number of Topliss-reactive ketones (excluding diaryl/α,β-unsaturated/α-hetero) is 1. The molecule has 10 heteroatoms. The lowest BCUT2D eigenvalue weighted by atomic mass is 10.0. The molecular weight excluding hydrogens is 416 g/mol. The quantitative estimate of drug-likeness (QED) is 0.502. The molecule has 0 saturated carbocycles. The first kappa shape index (κ1) is 21.3. The summed E-state index contributed by atoms with van der Waals surface area (Å²) in [4.78, 5) is 52.6. The maximum absolute atomic E-state index is 12.1. The van der Waals surface area contributed by atoms with Gasteiger partial charge in [-0.1, -0.05) is 6.92 Å². The van der Waals surface area contributed by atoms with E-state index in [1.165, 1.54) is 6.20 Å². The molecule has 31 heavy (non-hydrogen) atoms. The Morgan fingerprint density at radius 2 is 1.94 bits per heavy atom. The van der Waals surface area contributed by atoms with Crippen LogP contribution >= 0.6 is 11.3 Å². The second-order valence-corrected chi connectivity index (χ2v) is 8.60. The van der Waals surface area contributed by atoms with Gasteiger partial charge in [0.15, 0.2) is 10.9 Å². The zero-order valence-electron chi connectivity index (χ0n) is 17.9. The van der Waals surface area contributed by atoms with Gasteiger partial charge in [0.1, 0.15) is 5.69 Å². The summed E-state index contributed by atoms with van der Waals surface area (Å²) in [6, 6.07) is 0. The lowest BCUT2D eigenvalue weighted by molar-refractivity contribution is 0.101. The lowest BCUT2D eigenvalue weighted by Gasteiger charge is -2.34. The zero-order chi connectivity index (χ0) is 22.1. The summed E-state index contributed by atoms with van der Waals surface area (Å²) in [7, 11) is 0. The summed E-state index contributed by atoms with van der Waals surface area (Å²) in [5.41, 5.74) is 4.22. The van der Waals surface area contributed by atoms with Crippen LogP contribution in [-0.2, 0) is 13.0 Å². The van der Waals surface area contributed by atoms with Gasteiger partial charge in [-0.25, -0.2) is 9.78 Å². The van der Waals surface area contributed by atoms with Crippen molar-refractivity contribution >= 4 is 22.3 Å². The molecule has 0 bridgehead atoms. The number of piperazine rings is 1. The number of rotatable bonds is 6. The van der Waals surface area contributed by atoms with Crippen molar-refractivity contribution in [3.05, 3.63) is 54.8 Å². The van der Waals surface area contributed by atoms with Crippen LogP contribution in [0.1, 0.15) is 41.0 Å². The second-order valence-electron chi connectivity index (χ2n) is 7.76. The SMILES string of the molecule is CCc1c(-c2csc(N3CCN(Cc4c[nH]c(=O)[nH]c4=O)CC3)n2)[nH]c(C)c1C(C)=O. The predicted octanol–water partition coefficient (Wildman–Crippen LogP) is 1.91. The molecule has 0 atom stereocenters. The monoisotopic (exact) mass is 442 g/mol. The van der Waals surface area contributed by atoms with Crippen LogP contribution in [0.25, 0.3) is 11.4 Å². The first-order valence-electron chi connectivity index (χ1n) is 10.3. The minimum absolute atomic E-state index is 0.0738. The van der Waals surface area contributed by atoms with E-state index in [9.17, 15) is 14.4 Å². The number of aromatic nitrogens is 4. The van der Waals surface area contributed by atoms with Crippen LogP contribution in [0.4, 0.5) is 5.13 Å². The van der Waals surface area contributed by atoms with Gasteiger partial charge in [0.2, 0.25) is 0 Å². The normalized spacial score (nSPS) is 14.9. The molecule has 0 aliphatic carbocycles. The fourth-order valence-electron chi connectivity index (χ4n) is 4.14. The molecule has 9 nitrogen and oxygen atoms in total. The number of aryl methyl sites for hydroxylation is 1. The average Bonchev–Trinajstić information content (AvgIpc) is 3.35. The van der Waals surface area contributed by atoms with Gasteiger partial charge < -0.3 is 14.9 Å². The van der Waals surface area contributed by atoms with Gasteiger partial charge in [-0.2, -0.15) is 0 Å². The second kappa shape index (κ2) is 8.64. The van der Waals surface area contributed by atoms with E-state index in [4.69, 9.17) is 4.98 Å². The third kappa shape index (κ3) is 4.26. The summed E-state index contributed by atoms with van der Waals surface area (Å²) in [5, 5.41) is 2.99. The van der Waals surface area contributed by atoms with Crippen LogP contribution < -0.4 is 16.1 Å². The van der Waals surface area contributed by atoms with Gasteiger partial charge in [0.25, 0.3) is 5.56 Å². The van der Waals surface area contributed by atoms with Gasteiger partial charge in [-0.05, 0) is 25.8 Å². The van der Waals surface area contributed by atoms with Crippen molar-refractivity contribution in [3.63, 3.8) is 0 Å². The van der Waals surface area contributed by atoms with Crippen molar-refractivity contribution in [1.82, 2.24) is 24.8 Å². The number of H-pyrrole nitrogens is 3. The number of aromatic amines is 3. The molecule has 0 amide bonds. The number of carbonyl (C=O) groups excluding carboxylic acids is 1. The molecule has 0 radical (unpaired) electrons. The highest BCUT2D eigenvalue weighted by Gasteiger charge is 2.23. The molecule has 1 aliphatic rings. The van der Waals surface area contributed by atoms with Crippen LogP contribution in [0.2, 0.25) is 0 Å². The third-order valence-electron chi connectivity index (χ3n) is 5.68. The number of hydrogen-bond donors (Lipinski definition) is 3. The van der Waals surface area contributed by atoms with Gasteiger partial charge in [0.05, 0.1) is 5.69 Å². The van der Waals surface area contributed by atoms with Crippen molar-refractivity contribution in [2.75, 3.05) is 31.1 Å². The van der Waals surface area contributed by atoms with E-state index in [2.05, 4.69) is 31.7 Å². The standard InChI is InChI=1S/C21H26N6O3S/c1-4-15-17(13(3)28)12(2)23-18(15)16-11-31-21(24-16)27-7-5-26(6-8-27)10-14-9-22-20(30)25-19(14)29/h9,11,23H,4-8,10H2,1-3H3,(H2,22,25,29,30). The van der Waals surface area contributed by atoms with Crippen molar-refractivity contribution in [1.29, 1.82) is 0 Å². The topological polar surface area (TPSA) is 118 Å². The minimum atomic E-state index is -0.489. The molecule has 0 spiro atoms. The Bertz CT molecular complexity index is 1210. The van der Waals surface area contributed by atoms with Crippen molar-refractivity contribution in [2.24, 2.45) is 0 Å². The van der Waals surface area contributed by atoms with Crippen molar-refractivity contribution < 1.29 is 4.79 Å². The number of ketones is 1. The Labute approximate surface area is 183 Å². The molecule has 3 aromatic heterocycles. The first-order chi connectivity index (χ1) is 14.9. The largest absolute Gasteiger partial charge is 0.356 e. The Morgan fingerprint density at radius 3 is 2.58 bits per heavy atom. The number of hydrogen-bond acceptors (Lipinski definition) is 7. The number of thiazole rings is 1. The predicted molar refractivity (Wildman–Crippen MR) is 121 cm³/mol. The summed E-state index contributed by atoms with van der Waals surface area (Å²) >= 11 is 1.60. The van der Waals surface area contributed by atoms with Gasteiger partial charge >= 0.3 is 5.69 Å². The molecule has 164 valence electrons. The van der Waals surface area contributed by atoms with Gasteiger partial charge in [0, 0.05) is 61.1 Å². The van der Waals surface area contributed by atoms with Crippen LogP contribution in [-0.4, -0.2) is 56.8 Å². The molecule has 4 heterocycles. The molecule has 4 rings (SSSR count). The number of nitrogens with zero attached hydrogens (tertiary/aromatic N) is 3. The van der Waals surface area contributed by atoms with Crippen molar-refractivity contribution in [3.8, 4) is 11.4 Å². The van der Waals surface area contributed by atoms with E-state index >= 15 is 0 Å². The molecule has 3 N–H and O–H groups in total. The van der Waals surface area contributed by atoms with Gasteiger partial charge in [-0.3, -0.25) is 19.5 Å². The summed E-state index contributed by atoms with van der Waals surface area (Å²) in [5.74, 6) is 0.0738. The number of anilines is 1. The van der Waals surface area contributed by atoms with E-state index in [0.29, 0.717) is 12.1 Å². The molecular formula is C21H26N6O3S. The maximum atomic E-state index is 12.1. The fourth-order valence-corrected chi connectivity index (χ4v) is 5.01. The van der Waals surface area contributed by atoms with E-state index in [0.717, 1.165) is 65.9 Å². The van der Waals surface area contributed by atoms with Crippen molar-refractivity contribution in [2.45, 2.75) is 33.7 Å². The smallest absolute Gasteiger partial charge is 0.325 e. The molecule has 0 unspecified atom stereocenters. The van der Waals surface area contributed by atoms with Crippen LogP contribution in [0.3, 0.4) is 0 Å². The zero-order valence-corrected chi connectivity index (χ0v) is 18.7. The molecule has 1 aliphatic heterocycles. The third-order valence-corrected chi connectivity index (χ3v) is 6.58. The Morgan fingerprint density at radius 1 is 1.19 bits per heavy atom. The average molecular weight is 443 g/mol. The summed E-state index contributed by atoms with van der Waals surface area (Å²) < 4.78 is 0. The van der Waals surface area contributed by atoms with Crippen LogP contribution in [0, 0.1) is 6.92 Å². The number of nitrogens with one attached hydrogen (secondary N) is 3. The van der Waals surface area contributed by atoms with Gasteiger partial charge in [-0.15, -0.1) is 11.3 Å². The minimum Gasteiger partial charge on any atom is -0.356 e. The van der Waals surface area contributed by atoms with E-state index in [1.54, 1.807) is 18.3 Å². The maximum Gasteiger partial charge on any atom is 0.325 e. The van der Waals surface area contributed by atoms with E-state index in [-0.39, 0.29) is 11.3 Å². The van der Waals surface area contributed by atoms with Crippen LogP contribution in [0.15, 0.2) is 21.2 Å². The van der Waals surface area contributed by atoms with Crippen LogP contribution in [0.5, 0.6) is 0 Å². The summed E-state index contributed by atoms with van der Waals surface area (Å²) in [6.45, 7) is 9.28. The molecule has 1 saturated heterocycles. The highest BCUT2D eigenvalue weighted by Crippen LogP contribution is 2.32. The molecule has 1 fully saturated rings. The Kier molecular flexibility index (Phi) is 5.92. The number of carbonyl (C=O) groups is 1. The highest BCUT2D eigenvalue weighted by molar-refractivity contribution is 7.14. The first-order valence-corrected chi connectivity index (χ1v) is 11.2. The van der Waals surface area contributed by atoms with E-state index in [1.807, 2.05) is 12.3 Å². The lowest BCUT2D eigenvalue weighted by Crippen LogP contribution is -2.46. The Hall–Kier alpha value is -2.98. The summed E-state index contributed by atoms with van der Waals surface area (Å²) in [6.07, 6.45) is 2.25. The highest BCUT2D eigenvalue weighted by atomic mass is 32.1. The fraction of sp³-hybridized carbons (Fsp3) is 0.429. The molecule has 3 aromatic rings. The van der Waals surface area contributed by atoms with E-state index < -0.39 is 5.69 Å².